The van der Waals surface area contributed by atoms with E-state index in [2.05, 4.69) is 4.98 Å². The van der Waals surface area contributed by atoms with E-state index in [4.69, 9.17) is 25.9 Å². The van der Waals surface area contributed by atoms with Gasteiger partial charge in [0.15, 0.2) is 0 Å². The molecule has 17 heavy (non-hydrogen) atoms. The first-order chi connectivity index (χ1) is 13.1. The van der Waals surface area contributed by atoms with Crippen LogP contribution in [-0.2, 0) is 0 Å². The normalized spacial score (nSPS) is 22.6. The predicted octanol–water partition coefficient (Wildman–Crippen LogP) is 3.34. The Morgan fingerprint density at radius 2 is 1.47 bits per heavy atom. The molecule has 0 aliphatic carbocycles. The number of aromatic amines is 1. The first-order valence-corrected chi connectivity index (χ1v) is 4.57. The zero-order chi connectivity index (χ0) is 22.0. The second kappa shape index (κ2) is 3.70. The van der Waals surface area contributed by atoms with E-state index in [-0.39, 0.29) is 21.8 Å². The lowest BCUT2D eigenvalue weighted by atomic mass is 10.1. The van der Waals surface area contributed by atoms with Gasteiger partial charge in [0.25, 0.3) is 0 Å². The van der Waals surface area contributed by atoms with E-state index in [1.54, 1.807) is 0 Å². The number of fused-ring (bicyclic) bond motifs is 3. The van der Waals surface area contributed by atoms with Crippen LogP contribution < -0.4 is 9.47 Å². The van der Waals surface area contributed by atoms with E-state index in [1.807, 2.05) is 0 Å². The predicted molar refractivity (Wildman–Crippen MR) is 68.9 cm³/mol. The van der Waals surface area contributed by atoms with Crippen molar-refractivity contribution in [2.75, 3.05) is 14.1 Å². The number of ether oxygens (including phenoxy) is 2. The molecule has 0 fully saturated rings. The Kier molecular flexibility index (Phi) is 0.743. The third-order valence-corrected chi connectivity index (χ3v) is 2.28. The topological polar surface area (TPSA) is 34.2 Å². The maximum Gasteiger partial charge on any atom is 0.119 e. The molecule has 0 spiro atoms. The fraction of sp³-hybridized carbons (Fsp3) is 0.143. The van der Waals surface area contributed by atoms with Crippen molar-refractivity contribution in [3.05, 3.63) is 36.3 Å². The van der Waals surface area contributed by atoms with Crippen molar-refractivity contribution in [1.29, 1.82) is 0 Å². The summed E-state index contributed by atoms with van der Waals surface area (Å²) in [5, 5.41) is -0.428. The molecule has 3 heteroatoms. The molecular weight excluding hydrogens is 214 g/mol. The molecule has 3 aromatic rings. The van der Waals surface area contributed by atoms with Crippen LogP contribution in [0.3, 0.4) is 0 Å². The van der Waals surface area contributed by atoms with Gasteiger partial charge in [-0.15, -0.1) is 0 Å². The van der Waals surface area contributed by atoms with E-state index < -0.39 is 61.8 Å². The summed E-state index contributed by atoms with van der Waals surface area (Å²) >= 11 is 0. The number of hydrogen-bond donors (Lipinski definition) is 1. The molecule has 0 saturated carbocycles. The Morgan fingerprint density at radius 1 is 0.941 bits per heavy atom. The molecule has 0 atom stereocenters. The summed E-state index contributed by atoms with van der Waals surface area (Å²) in [6, 6.07) is -3.73. The maximum absolute atomic E-state index is 8.29. The van der Waals surface area contributed by atoms with Crippen molar-refractivity contribution in [1.82, 2.24) is 4.98 Å². The summed E-state index contributed by atoms with van der Waals surface area (Å²) in [5.41, 5.74) is -0.305. The Labute approximate surface area is 116 Å². The van der Waals surface area contributed by atoms with Crippen LogP contribution >= 0.6 is 0 Å². The van der Waals surface area contributed by atoms with Gasteiger partial charge in [-0.25, -0.2) is 0 Å². The van der Waals surface area contributed by atoms with Gasteiger partial charge in [-0.3, -0.25) is 0 Å². The Hall–Kier alpha value is -2.16. The SMILES string of the molecule is [2H]c1c(OC([2H])([2H])[2H])c([2H])c2c([nH]c3c([2H])c([2H])c(OC([2H])([2H])[2H])c([2H])c32)c1[2H]. The highest BCUT2D eigenvalue weighted by molar-refractivity contribution is 6.08. The number of benzene rings is 2. The van der Waals surface area contributed by atoms with Crippen LogP contribution in [0, 0.1) is 0 Å². The van der Waals surface area contributed by atoms with E-state index in [1.165, 1.54) is 0 Å². The van der Waals surface area contributed by atoms with Gasteiger partial charge in [0, 0.05) is 21.8 Å². The lowest BCUT2D eigenvalue weighted by Gasteiger charge is -2.00. The minimum absolute atomic E-state index is 0.152. The molecule has 0 bridgehead atoms. The Bertz CT molecular complexity index is 1060. The van der Waals surface area contributed by atoms with Crippen molar-refractivity contribution < 1.29 is 25.9 Å². The van der Waals surface area contributed by atoms with E-state index in [0.717, 1.165) is 0 Å². The van der Waals surface area contributed by atoms with Crippen molar-refractivity contribution in [3.8, 4) is 11.5 Å². The first kappa shape index (κ1) is 3.42. The fourth-order valence-corrected chi connectivity index (χ4v) is 1.57. The average molecular weight is 239 g/mol. The van der Waals surface area contributed by atoms with Crippen LogP contribution in [-0.4, -0.2) is 19.1 Å². The fourth-order valence-electron chi connectivity index (χ4n) is 1.57. The third kappa shape index (κ3) is 1.51. The third-order valence-electron chi connectivity index (χ3n) is 2.28. The van der Waals surface area contributed by atoms with Gasteiger partial charge in [-0.2, -0.15) is 0 Å². The van der Waals surface area contributed by atoms with Crippen molar-refractivity contribution in [2.24, 2.45) is 0 Å². The minimum Gasteiger partial charge on any atom is -0.497 e. The second-order valence-electron chi connectivity index (χ2n) is 3.24. The van der Waals surface area contributed by atoms with Crippen LogP contribution in [0.25, 0.3) is 21.8 Å². The summed E-state index contributed by atoms with van der Waals surface area (Å²) in [7, 11) is -6.02. The average Bonchev–Trinajstić information content (AvgIpc) is 2.98. The van der Waals surface area contributed by atoms with Gasteiger partial charge >= 0.3 is 0 Å². The number of aromatic nitrogens is 1. The summed E-state index contributed by atoms with van der Waals surface area (Å²) < 4.78 is 101. The second-order valence-corrected chi connectivity index (χ2v) is 3.24. The monoisotopic (exact) mass is 239 g/mol. The zero-order valence-corrected chi connectivity index (χ0v) is 8.32. The molecule has 0 unspecified atom stereocenters. The largest absolute Gasteiger partial charge is 0.497 e. The van der Waals surface area contributed by atoms with Gasteiger partial charge in [0.05, 0.1) is 30.5 Å². The van der Waals surface area contributed by atoms with Gasteiger partial charge in [-0.05, 0) is 36.3 Å². The van der Waals surface area contributed by atoms with Gasteiger partial charge in [0.2, 0.25) is 0 Å². The highest BCUT2D eigenvalue weighted by Crippen LogP contribution is 2.30. The molecule has 0 aliphatic heterocycles. The number of hydrogen-bond acceptors (Lipinski definition) is 2. The molecule has 3 nitrogen and oxygen atoms in total. The van der Waals surface area contributed by atoms with Crippen molar-refractivity contribution in [2.45, 2.75) is 0 Å². The lowest BCUT2D eigenvalue weighted by Crippen LogP contribution is -1.81. The van der Waals surface area contributed by atoms with Crippen LogP contribution in [0.2, 0.25) is 0 Å². The van der Waals surface area contributed by atoms with Gasteiger partial charge < -0.3 is 14.5 Å². The first-order valence-electron chi connectivity index (χ1n) is 10.6. The summed E-state index contributed by atoms with van der Waals surface area (Å²) in [5.74, 6) is -1.44. The van der Waals surface area contributed by atoms with Crippen molar-refractivity contribution >= 4 is 21.8 Å². The highest BCUT2D eigenvalue weighted by atomic mass is 16.5. The summed E-state index contributed by atoms with van der Waals surface area (Å²) in [4.78, 5) is 2.61. The number of H-pyrrole nitrogens is 1. The molecule has 1 N–H and O–H groups in total. The Morgan fingerprint density at radius 3 is 1.94 bits per heavy atom. The molecule has 0 amide bonds. The van der Waals surface area contributed by atoms with E-state index in [9.17, 15) is 0 Å². The molecule has 86 valence electrons. The summed E-state index contributed by atoms with van der Waals surface area (Å²) in [6.07, 6.45) is 0. The van der Waals surface area contributed by atoms with Crippen LogP contribution in [0.1, 0.15) is 16.4 Å². The van der Waals surface area contributed by atoms with E-state index in [0.29, 0.717) is 0 Å². The number of methoxy groups -OCH3 is 2. The summed E-state index contributed by atoms with van der Waals surface area (Å²) in [6.45, 7) is 0. The smallest absolute Gasteiger partial charge is 0.119 e. The molecular formula is C14H13NO2. The molecule has 2 aromatic carbocycles. The van der Waals surface area contributed by atoms with Crippen molar-refractivity contribution in [3.63, 3.8) is 0 Å². The lowest BCUT2D eigenvalue weighted by molar-refractivity contribution is 0.415. The molecule has 1 aromatic heterocycles. The molecule has 0 radical (unpaired) electrons. The van der Waals surface area contributed by atoms with Crippen LogP contribution in [0.15, 0.2) is 36.3 Å². The maximum atomic E-state index is 8.29. The number of nitrogens with one attached hydrogen (secondary N) is 1. The minimum atomic E-state index is -3.01. The molecule has 0 saturated heterocycles. The van der Waals surface area contributed by atoms with Gasteiger partial charge in [0.1, 0.15) is 11.5 Å². The quantitative estimate of drug-likeness (QED) is 0.744. The zero-order valence-electron chi connectivity index (χ0n) is 20.3. The molecule has 0 aliphatic rings. The molecule has 3 rings (SSSR count). The standard InChI is InChI=1S/C14H13NO2/c1-16-9-3-5-13-11(7-9)12-8-10(17-2)4-6-14(12)15-13/h3-8,15H,1-2H3/i1D3,2D3,3D,4D,5D,6D,7D,8D. The van der Waals surface area contributed by atoms with Crippen LogP contribution in [0.4, 0.5) is 0 Å². The molecule has 1 heterocycles. The number of rotatable bonds is 2. The van der Waals surface area contributed by atoms with Gasteiger partial charge in [-0.1, -0.05) is 0 Å². The Balaban J connectivity index is 2.50. The highest BCUT2D eigenvalue weighted by Gasteiger charge is 2.06. The van der Waals surface area contributed by atoms with E-state index >= 15 is 0 Å². The van der Waals surface area contributed by atoms with Crippen LogP contribution in [0.5, 0.6) is 11.5 Å².